The van der Waals surface area contributed by atoms with Crippen LogP contribution in [0.15, 0.2) is 24.4 Å². The zero-order chi connectivity index (χ0) is 12.3. The second kappa shape index (κ2) is 5.32. The molecule has 0 spiro atoms. The topological polar surface area (TPSA) is 40.7 Å². The van der Waals surface area contributed by atoms with E-state index in [9.17, 15) is 0 Å². The van der Waals surface area contributed by atoms with E-state index in [4.69, 9.17) is 0 Å². The molecule has 0 radical (unpaired) electrons. The lowest BCUT2D eigenvalue weighted by Crippen LogP contribution is -2.32. The van der Waals surface area contributed by atoms with E-state index < -0.39 is 0 Å². The maximum Gasteiger partial charge on any atom is 0.0653 e. The van der Waals surface area contributed by atoms with Crippen molar-refractivity contribution in [1.82, 2.24) is 15.5 Å². The van der Waals surface area contributed by atoms with Crippen molar-refractivity contribution in [3.8, 4) is 0 Å². The molecule has 0 amide bonds. The fourth-order valence-electron chi connectivity index (χ4n) is 1.92. The van der Waals surface area contributed by atoms with Gasteiger partial charge in [-0.3, -0.25) is 5.10 Å². The highest BCUT2D eigenvalue weighted by molar-refractivity contribution is 5.81. The van der Waals surface area contributed by atoms with Gasteiger partial charge in [0.1, 0.15) is 0 Å². The minimum atomic E-state index is 0.568. The fourth-order valence-corrected chi connectivity index (χ4v) is 1.92. The zero-order valence-electron chi connectivity index (χ0n) is 10.8. The Hall–Kier alpha value is -1.35. The molecule has 0 saturated heterocycles. The summed E-state index contributed by atoms with van der Waals surface area (Å²) >= 11 is 0. The smallest absolute Gasteiger partial charge is 0.0653 e. The van der Waals surface area contributed by atoms with Crippen LogP contribution in [-0.2, 0) is 6.42 Å². The lowest BCUT2D eigenvalue weighted by molar-refractivity contribution is 0.430. The summed E-state index contributed by atoms with van der Waals surface area (Å²) in [6.07, 6.45) is 2.96. The van der Waals surface area contributed by atoms with Gasteiger partial charge >= 0.3 is 0 Å². The molecular weight excluding hydrogens is 210 g/mol. The van der Waals surface area contributed by atoms with Gasteiger partial charge in [0.2, 0.25) is 0 Å². The van der Waals surface area contributed by atoms with Crippen molar-refractivity contribution in [2.24, 2.45) is 5.92 Å². The van der Waals surface area contributed by atoms with Crippen LogP contribution < -0.4 is 5.32 Å². The third kappa shape index (κ3) is 2.86. The van der Waals surface area contributed by atoms with Crippen molar-refractivity contribution in [3.63, 3.8) is 0 Å². The lowest BCUT2D eigenvalue weighted by atomic mass is 10.0. The maximum absolute atomic E-state index is 4.09. The molecule has 0 aliphatic carbocycles. The predicted molar refractivity (Wildman–Crippen MR) is 72.1 cm³/mol. The number of hydrogen-bond donors (Lipinski definition) is 2. The summed E-state index contributed by atoms with van der Waals surface area (Å²) in [5.41, 5.74) is 2.49. The van der Waals surface area contributed by atoms with Gasteiger partial charge in [0.05, 0.1) is 11.7 Å². The summed E-state index contributed by atoms with van der Waals surface area (Å²) < 4.78 is 0. The van der Waals surface area contributed by atoms with Crippen LogP contribution in [-0.4, -0.2) is 22.8 Å². The molecule has 3 nitrogen and oxygen atoms in total. The molecule has 3 heteroatoms. The average molecular weight is 231 g/mol. The summed E-state index contributed by atoms with van der Waals surface area (Å²) in [5, 5.41) is 11.9. The highest BCUT2D eigenvalue weighted by Crippen LogP contribution is 2.16. The van der Waals surface area contributed by atoms with Crippen LogP contribution in [0, 0.1) is 5.92 Å². The highest BCUT2D eigenvalue weighted by atomic mass is 15.1. The monoisotopic (exact) mass is 231 g/mol. The van der Waals surface area contributed by atoms with Crippen molar-refractivity contribution in [2.45, 2.75) is 33.2 Å². The number of nitrogens with one attached hydrogen (secondary N) is 2. The van der Waals surface area contributed by atoms with Crippen LogP contribution in [0.2, 0.25) is 0 Å². The third-order valence-corrected chi connectivity index (χ3v) is 3.44. The molecule has 1 aromatic heterocycles. The molecule has 2 rings (SSSR count). The Bertz CT molecular complexity index is 473. The highest BCUT2D eigenvalue weighted by Gasteiger charge is 2.06. The first-order chi connectivity index (χ1) is 8.18. The minimum Gasteiger partial charge on any atom is -0.314 e. The standard InChI is InChI=1S/C14H21N3/c1-10(2)11(3)15-8-7-12-5-4-6-14-13(12)9-16-17-14/h4-6,9-11,15H,7-8H2,1-3H3,(H,16,17). The van der Waals surface area contributed by atoms with Crippen LogP contribution in [0.5, 0.6) is 0 Å². The molecule has 0 bridgehead atoms. The van der Waals surface area contributed by atoms with Gasteiger partial charge < -0.3 is 5.32 Å². The van der Waals surface area contributed by atoms with E-state index in [0.29, 0.717) is 12.0 Å². The number of H-pyrrole nitrogens is 1. The first-order valence-corrected chi connectivity index (χ1v) is 6.33. The summed E-state index contributed by atoms with van der Waals surface area (Å²) in [7, 11) is 0. The molecule has 2 aromatic rings. The molecule has 1 heterocycles. The first-order valence-electron chi connectivity index (χ1n) is 6.33. The zero-order valence-corrected chi connectivity index (χ0v) is 10.8. The number of aromatic nitrogens is 2. The van der Waals surface area contributed by atoms with Crippen LogP contribution >= 0.6 is 0 Å². The molecule has 0 saturated carbocycles. The number of benzene rings is 1. The number of nitrogens with zero attached hydrogens (tertiary/aromatic N) is 1. The van der Waals surface area contributed by atoms with Crippen molar-refractivity contribution < 1.29 is 0 Å². The van der Waals surface area contributed by atoms with E-state index in [1.807, 2.05) is 6.20 Å². The number of rotatable bonds is 5. The van der Waals surface area contributed by atoms with Gasteiger partial charge in [-0.2, -0.15) is 5.10 Å². The summed E-state index contributed by atoms with van der Waals surface area (Å²) in [6, 6.07) is 6.90. The van der Waals surface area contributed by atoms with Gasteiger partial charge in [0.25, 0.3) is 0 Å². The Kier molecular flexibility index (Phi) is 3.79. The predicted octanol–water partition coefficient (Wildman–Crippen LogP) is 2.74. The van der Waals surface area contributed by atoms with Crippen molar-refractivity contribution in [3.05, 3.63) is 30.0 Å². The van der Waals surface area contributed by atoms with Gasteiger partial charge in [-0.25, -0.2) is 0 Å². The third-order valence-electron chi connectivity index (χ3n) is 3.44. The summed E-state index contributed by atoms with van der Waals surface area (Å²) in [6.45, 7) is 7.75. The van der Waals surface area contributed by atoms with Crippen LogP contribution in [0.25, 0.3) is 10.9 Å². The summed E-state index contributed by atoms with van der Waals surface area (Å²) in [5.74, 6) is 0.680. The molecular formula is C14H21N3. The molecule has 0 aliphatic rings. The number of hydrogen-bond acceptors (Lipinski definition) is 2. The molecule has 2 N–H and O–H groups in total. The molecule has 1 unspecified atom stereocenters. The largest absolute Gasteiger partial charge is 0.314 e. The van der Waals surface area contributed by atoms with Crippen LogP contribution in [0.3, 0.4) is 0 Å². The van der Waals surface area contributed by atoms with Gasteiger partial charge in [-0.1, -0.05) is 26.0 Å². The van der Waals surface area contributed by atoms with Gasteiger partial charge in [0.15, 0.2) is 0 Å². The Balaban J connectivity index is 1.97. The van der Waals surface area contributed by atoms with E-state index in [0.717, 1.165) is 18.5 Å². The lowest BCUT2D eigenvalue weighted by Gasteiger charge is -2.17. The Labute approximate surface area is 103 Å². The Morgan fingerprint density at radius 2 is 2.12 bits per heavy atom. The second-order valence-electron chi connectivity index (χ2n) is 4.99. The van der Waals surface area contributed by atoms with E-state index >= 15 is 0 Å². The van der Waals surface area contributed by atoms with E-state index in [2.05, 4.69) is 54.5 Å². The fraction of sp³-hybridized carbons (Fsp3) is 0.500. The average Bonchev–Trinajstić information content (AvgIpc) is 2.77. The minimum absolute atomic E-state index is 0.568. The summed E-state index contributed by atoms with van der Waals surface area (Å²) in [4.78, 5) is 0. The van der Waals surface area contributed by atoms with Crippen molar-refractivity contribution in [1.29, 1.82) is 0 Å². The van der Waals surface area contributed by atoms with Crippen LogP contribution in [0.4, 0.5) is 0 Å². The molecule has 17 heavy (non-hydrogen) atoms. The number of aromatic amines is 1. The van der Waals surface area contributed by atoms with Crippen LogP contribution in [0.1, 0.15) is 26.3 Å². The van der Waals surface area contributed by atoms with Gasteiger partial charge in [-0.05, 0) is 37.4 Å². The number of fused-ring (bicyclic) bond motifs is 1. The first kappa shape index (κ1) is 12.1. The van der Waals surface area contributed by atoms with Crippen molar-refractivity contribution in [2.75, 3.05) is 6.54 Å². The molecule has 92 valence electrons. The van der Waals surface area contributed by atoms with Gasteiger partial charge in [-0.15, -0.1) is 0 Å². The molecule has 0 fully saturated rings. The van der Waals surface area contributed by atoms with E-state index in [-0.39, 0.29) is 0 Å². The normalized spacial score (nSPS) is 13.4. The van der Waals surface area contributed by atoms with E-state index in [1.165, 1.54) is 10.9 Å². The molecule has 1 atom stereocenters. The molecule has 1 aromatic carbocycles. The van der Waals surface area contributed by atoms with Crippen molar-refractivity contribution >= 4 is 10.9 Å². The SMILES string of the molecule is CC(C)C(C)NCCc1cccc2[nH]ncc12. The Morgan fingerprint density at radius 1 is 1.29 bits per heavy atom. The molecule has 0 aliphatic heterocycles. The van der Waals surface area contributed by atoms with Gasteiger partial charge in [0, 0.05) is 11.4 Å². The second-order valence-corrected chi connectivity index (χ2v) is 4.99. The Morgan fingerprint density at radius 3 is 2.88 bits per heavy atom. The quantitative estimate of drug-likeness (QED) is 0.830. The van der Waals surface area contributed by atoms with E-state index in [1.54, 1.807) is 0 Å². The maximum atomic E-state index is 4.09.